The third kappa shape index (κ3) is 5.15. The summed E-state index contributed by atoms with van der Waals surface area (Å²) in [6, 6.07) is 10.6. The zero-order valence-electron chi connectivity index (χ0n) is 15.7. The van der Waals surface area contributed by atoms with Crippen molar-refractivity contribution in [2.45, 2.75) is 33.6 Å². The highest BCUT2D eigenvalue weighted by Gasteiger charge is 2.15. The van der Waals surface area contributed by atoms with Gasteiger partial charge in [0.2, 0.25) is 0 Å². The third-order valence-corrected chi connectivity index (χ3v) is 4.31. The van der Waals surface area contributed by atoms with Crippen molar-refractivity contribution in [1.82, 2.24) is 4.90 Å². The zero-order valence-corrected chi connectivity index (χ0v) is 15.7. The number of hydrogen-bond donors (Lipinski definition) is 2. The van der Waals surface area contributed by atoms with E-state index in [1.807, 2.05) is 39.0 Å². The molecule has 2 N–H and O–H groups in total. The van der Waals surface area contributed by atoms with Gasteiger partial charge in [-0.3, -0.25) is 4.79 Å². The summed E-state index contributed by atoms with van der Waals surface area (Å²) >= 11 is 0. The smallest absolute Gasteiger partial charge is 0.260 e. The van der Waals surface area contributed by atoms with Crippen molar-refractivity contribution in [3.63, 3.8) is 0 Å². The fourth-order valence-electron chi connectivity index (χ4n) is 2.87. The van der Waals surface area contributed by atoms with Crippen molar-refractivity contribution in [2.75, 3.05) is 19.7 Å². The molecular weight excluding hydrogens is 330 g/mol. The van der Waals surface area contributed by atoms with E-state index in [9.17, 15) is 15.0 Å². The fourth-order valence-corrected chi connectivity index (χ4v) is 2.87. The Kier molecular flexibility index (Phi) is 6.89. The topological polar surface area (TPSA) is 70.0 Å². The first-order valence-corrected chi connectivity index (χ1v) is 8.90. The molecule has 0 saturated heterocycles. The first kappa shape index (κ1) is 19.6. The second kappa shape index (κ2) is 9.13. The van der Waals surface area contributed by atoms with Gasteiger partial charge in [-0.2, -0.15) is 0 Å². The van der Waals surface area contributed by atoms with Crippen LogP contribution in [-0.4, -0.2) is 40.7 Å². The van der Waals surface area contributed by atoms with Gasteiger partial charge in [-0.1, -0.05) is 31.2 Å². The Morgan fingerprint density at radius 1 is 1.04 bits per heavy atom. The molecule has 0 saturated carbocycles. The SMILES string of the molecule is CCCN(CCc1ccc(O)c(O)c1)C(=O)COc1c(C)cccc1C. The highest BCUT2D eigenvalue weighted by Crippen LogP contribution is 2.25. The fraction of sp³-hybridized carbons (Fsp3) is 0.381. The van der Waals surface area contributed by atoms with Crippen LogP contribution in [0.25, 0.3) is 0 Å². The second-order valence-corrected chi connectivity index (χ2v) is 6.46. The molecule has 5 nitrogen and oxygen atoms in total. The average Bonchev–Trinajstić information content (AvgIpc) is 2.61. The van der Waals surface area contributed by atoms with Crippen molar-refractivity contribution in [2.24, 2.45) is 0 Å². The summed E-state index contributed by atoms with van der Waals surface area (Å²) in [6.45, 7) is 7.15. The number of para-hydroxylation sites is 1. The van der Waals surface area contributed by atoms with Crippen molar-refractivity contribution in [3.8, 4) is 17.2 Å². The molecule has 0 fully saturated rings. The van der Waals surface area contributed by atoms with Gasteiger partial charge in [0, 0.05) is 13.1 Å². The Labute approximate surface area is 154 Å². The molecule has 0 aliphatic rings. The summed E-state index contributed by atoms with van der Waals surface area (Å²) in [5, 5.41) is 19.0. The number of phenolic OH excluding ortho intramolecular Hbond substituents is 2. The molecule has 0 atom stereocenters. The number of hydrogen-bond acceptors (Lipinski definition) is 4. The molecule has 0 aromatic heterocycles. The normalized spacial score (nSPS) is 10.6. The van der Waals surface area contributed by atoms with Crippen LogP contribution in [0.15, 0.2) is 36.4 Å². The minimum absolute atomic E-state index is 0.00647. The summed E-state index contributed by atoms with van der Waals surface area (Å²) in [4.78, 5) is 14.4. The average molecular weight is 357 g/mol. The minimum atomic E-state index is -0.144. The molecule has 140 valence electrons. The molecule has 0 spiro atoms. The number of benzene rings is 2. The van der Waals surface area contributed by atoms with Crippen LogP contribution in [0.3, 0.4) is 0 Å². The number of nitrogens with zero attached hydrogens (tertiary/aromatic N) is 1. The van der Waals surface area contributed by atoms with E-state index >= 15 is 0 Å². The summed E-state index contributed by atoms with van der Waals surface area (Å²) in [6.07, 6.45) is 1.46. The van der Waals surface area contributed by atoms with Crippen molar-refractivity contribution < 1.29 is 19.7 Å². The second-order valence-electron chi connectivity index (χ2n) is 6.46. The van der Waals surface area contributed by atoms with Gasteiger partial charge in [0.15, 0.2) is 18.1 Å². The van der Waals surface area contributed by atoms with Crippen molar-refractivity contribution in [1.29, 1.82) is 0 Å². The van der Waals surface area contributed by atoms with E-state index in [-0.39, 0.29) is 24.0 Å². The van der Waals surface area contributed by atoms with Crippen LogP contribution >= 0.6 is 0 Å². The monoisotopic (exact) mass is 357 g/mol. The molecule has 5 heteroatoms. The molecule has 0 aliphatic heterocycles. The number of aromatic hydroxyl groups is 2. The molecule has 1 amide bonds. The van der Waals surface area contributed by atoms with E-state index in [2.05, 4.69) is 0 Å². The molecular formula is C21H27NO4. The number of aryl methyl sites for hydroxylation is 2. The molecule has 0 aliphatic carbocycles. The molecule has 2 rings (SSSR count). The van der Waals surface area contributed by atoms with Crippen LogP contribution in [-0.2, 0) is 11.2 Å². The lowest BCUT2D eigenvalue weighted by Crippen LogP contribution is -2.37. The highest BCUT2D eigenvalue weighted by molar-refractivity contribution is 5.77. The van der Waals surface area contributed by atoms with Crippen molar-refractivity contribution in [3.05, 3.63) is 53.1 Å². The lowest BCUT2D eigenvalue weighted by molar-refractivity contribution is -0.133. The van der Waals surface area contributed by atoms with E-state index in [1.54, 1.807) is 11.0 Å². The van der Waals surface area contributed by atoms with Crippen LogP contribution in [0.2, 0.25) is 0 Å². The number of carbonyl (C=O) groups is 1. The van der Waals surface area contributed by atoms with E-state index in [1.165, 1.54) is 12.1 Å². The van der Waals surface area contributed by atoms with Gasteiger partial charge in [0.1, 0.15) is 5.75 Å². The Morgan fingerprint density at radius 3 is 2.35 bits per heavy atom. The van der Waals surface area contributed by atoms with Gasteiger partial charge in [-0.15, -0.1) is 0 Å². The van der Waals surface area contributed by atoms with Gasteiger partial charge in [0.05, 0.1) is 0 Å². The summed E-state index contributed by atoms with van der Waals surface area (Å²) in [5.41, 5.74) is 2.89. The third-order valence-electron chi connectivity index (χ3n) is 4.31. The van der Waals surface area contributed by atoms with Crippen LogP contribution < -0.4 is 4.74 Å². The predicted molar refractivity (Wildman–Crippen MR) is 102 cm³/mol. The van der Waals surface area contributed by atoms with Crippen LogP contribution in [0.1, 0.15) is 30.0 Å². The van der Waals surface area contributed by atoms with E-state index < -0.39 is 0 Å². The number of phenols is 2. The Hall–Kier alpha value is -2.69. The van der Waals surface area contributed by atoms with Gasteiger partial charge in [0.25, 0.3) is 5.91 Å². The standard InChI is InChI=1S/C21H27NO4/c1-4-11-22(12-10-17-8-9-18(23)19(24)13-17)20(25)14-26-21-15(2)6-5-7-16(21)3/h5-9,13,23-24H,4,10-12,14H2,1-3H3. The first-order valence-electron chi connectivity index (χ1n) is 8.90. The Bertz CT molecular complexity index is 737. The number of carbonyl (C=O) groups excluding carboxylic acids is 1. The Morgan fingerprint density at radius 2 is 1.73 bits per heavy atom. The Balaban J connectivity index is 1.97. The number of amides is 1. The number of rotatable bonds is 8. The highest BCUT2D eigenvalue weighted by atomic mass is 16.5. The summed E-state index contributed by atoms with van der Waals surface area (Å²) < 4.78 is 5.78. The lowest BCUT2D eigenvalue weighted by atomic mass is 10.1. The molecule has 2 aromatic rings. The molecule has 2 aromatic carbocycles. The first-order chi connectivity index (χ1) is 12.4. The molecule has 0 unspecified atom stereocenters. The maximum atomic E-state index is 12.6. The number of ether oxygens (including phenoxy) is 1. The quantitative estimate of drug-likeness (QED) is 0.709. The largest absolute Gasteiger partial charge is 0.504 e. The van der Waals surface area contributed by atoms with Crippen LogP contribution in [0.4, 0.5) is 0 Å². The van der Waals surface area contributed by atoms with Gasteiger partial charge < -0.3 is 19.8 Å². The molecule has 0 bridgehead atoms. The zero-order chi connectivity index (χ0) is 19.1. The van der Waals surface area contributed by atoms with Gasteiger partial charge in [-0.05, 0) is 55.5 Å². The van der Waals surface area contributed by atoms with Crippen LogP contribution in [0, 0.1) is 13.8 Å². The summed E-state index contributed by atoms with van der Waals surface area (Å²) in [5.74, 6) is 0.421. The molecule has 26 heavy (non-hydrogen) atoms. The van der Waals surface area contributed by atoms with Crippen molar-refractivity contribution >= 4 is 5.91 Å². The maximum Gasteiger partial charge on any atom is 0.260 e. The van der Waals surface area contributed by atoms with Crippen LogP contribution in [0.5, 0.6) is 17.2 Å². The lowest BCUT2D eigenvalue weighted by Gasteiger charge is -2.23. The van der Waals surface area contributed by atoms with E-state index in [0.29, 0.717) is 19.5 Å². The van der Waals surface area contributed by atoms with Gasteiger partial charge in [-0.25, -0.2) is 0 Å². The summed E-state index contributed by atoms with van der Waals surface area (Å²) in [7, 11) is 0. The van der Waals surface area contributed by atoms with E-state index in [4.69, 9.17) is 4.74 Å². The van der Waals surface area contributed by atoms with E-state index in [0.717, 1.165) is 28.9 Å². The molecule has 0 radical (unpaired) electrons. The predicted octanol–water partition coefficient (Wildman–Crippen LogP) is 3.57. The van der Waals surface area contributed by atoms with Gasteiger partial charge >= 0.3 is 0 Å². The maximum absolute atomic E-state index is 12.6. The minimum Gasteiger partial charge on any atom is -0.504 e. The molecule has 0 heterocycles.